The second-order valence-corrected chi connectivity index (χ2v) is 10.8. The molecule has 2 aromatic carbocycles. The SMILES string of the molecule is CC.CCCCN(CC)CC.Cc1nc(NC=O)c(/C=C\C(C)/C(F)=C\C=C/C(C)F)c(-c2ccc(C(=O)Nc3ccc(F)cc3)cc2)n1. The van der Waals surface area contributed by atoms with Crippen molar-refractivity contribution in [3.8, 4) is 11.3 Å². The van der Waals surface area contributed by atoms with Gasteiger partial charge in [0.1, 0.15) is 29.5 Å². The minimum Gasteiger partial charge on any atom is -0.322 e. The van der Waals surface area contributed by atoms with E-state index in [9.17, 15) is 22.8 Å². The summed E-state index contributed by atoms with van der Waals surface area (Å²) in [7, 11) is 0. The third kappa shape index (κ3) is 15.5. The molecule has 2 atom stereocenters. The summed E-state index contributed by atoms with van der Waals surface area (Å²) in [6.45, 7) is 19.0. The highest BCUT2D eigenvalue weighted by molar-refractivity contribution is 6.04. The number of amides is 2. The Labute approximate surface area is 290 Å². The molecule has 2 amide bonds. The average molecular weight is 680 g/mol. The molecule has 3 rings (SSSR count). The summed E-state index contributed by atoms with van der Waals surface area (Å²) in [4.78, 5) is 35.1. The number of carbonyl (C=O) groups excluding carboxylic acids is 2. The fourth-order valence-corrected chi connectivity index (χ4v) is 4.35. The summed E-state index contributed by atoms with van der Waals surface area (Å²) in [5.74, 6) is -1.28. The number of nitrogens with zero attached hydrogens (tertiary/aromatic N) is 3. The van der Waals surface area contributed by atoms with E-state index in [-0.39, 0.29) is 11.7 Å². The van der Waals surface area contributed by atoms with E-state index in [2.05, 4.69) is 46.3 Å². The Morgan fingerprint density at radius 2 is 1.59 bits per heavy atom. The molecule has 0 bridgehead atoms. The van der Waals surface area contributed by atoms with Crippen molar-refractivity contribution >= 4 is 29.9 Å². The zero-order chi connectivity index (χ0) is 36.8. The van der Waals surface area contributed by atoms with Crippen LogP contribution in [-0.4, -0.2) is 53.0 Å². The molecule has 0 radical (unpaired) electrons. The molecule has 49 heavy (non-hydrogen) atoms. The molecule has 0 aliphatic heterocycles. The van der Waals surface area contributed by atoms with Crippen LogP contribution in [0.1, 0.15) is 83.1 Å². The van der Waals surface area contributed by atoms with Crippen LogP contribution in [0.15, 0.2) is 78.7 Å². The minimum absolute atomic E-state index is 0.236. The monoisotopic (exact) mass is 679 g/mol. The van der Waals surface area contributed by atoms with E-state index < -0.39 is 23.7 Å². The van der Waals surface area contributed by atoms with Crippen LogP contribution in [0.2, 0.25) is 0 Å². The maximum atomic E-state index is 14.5. The van der Waals surface area contributed by atoms with Gasteiger partial charge in [0.25, 0.3) is 5.91 Å². The van der Waals surface area contributed by atoms with Gasteiger partial charge in [0.15, 0.2) is 0 Å². The van der Waals surface area contributed by atoms with Crippen molar-refractivity contribution in [3.63, 3.8) is 0 Å². The first kappa shape index (κ1) is 42.5. The molecule has 10 heteroatoms. The van der Waals surface area contributed by atoms with Crippen molar-refractivity contribution in [3.05, 3.63) is 101 Å². The van der Waals surface area contributed by atoms with Gasteiger partial charge in [0.05, 0.1) is 5.69 Å². The van der Waals surface area contributed by atoms with Crippen LogP contribution in [0, 0.1) is 18.7 Å². The molecule has 2 N–H and O–H groups in total. The Kier molecular flexibility index (Phi) is 20.5. The number of alkyl halides is 1. The van der Waals surface area contributed by atoms with Crippen LogP contribution in [0.5, 0.6) is 0 Å². The fraction of sp³-hybridized carbons (Fsp3) is 0.385. The van der Waals surface area contributed by atoms with E-state index in [4.69, 9.17) is 0 Å². The average Bonchev–Trinajstić information content (AvgIpc) is 3.10. The molecule has 0 aliphatic carbocycles. The van der Waals surface area contributed by atoms with Crippen molar-refractivity contribution in [1.82, 2.24) is 14.9 Å². The second kappa shape index (κ2) is 23.7. The van der Waals surface area contributed by atoms with Crippen LogP contribution in [0.4, 0.5) is 24.7 Å². The van der Waals surface area contributed by atoms with Crippen molar-refractivity contribution in [2.75, 3.05) is 30.3 Å². The number of rotatable bonds is 15. The summed E-state index contributed by atoms with van der Waals surface area (Å²) < 4.78 is 40.5. The number of benzene rings is 2. The molecular weight excluding hydrogens is 627 g/mol. The number of carbonyl (C=O) groups is 2. The summed E-state index contributed by atoms with van der Waals surface area (Å²) >= 11 is 0. The first-order valence-electron chi connectivity index (χ1n) is 16.9. The Balaban J connectivity index is 0.000000945. The van der Waals surface area contributed by atoms with E-state index >= 15 is 0 Å². The highest BCUT2D eigenvalue weighted by Crippen LogP contribution is 2.29. The molecule has 1 aromatic heterocycles. The molecule has 0 fully saturated rings. The molecule has 266 valence electrons. The quantitative estimate of drug-likeness (QED) is 0.123. The molecule has 3 aromatic rings. The van der Waals surface area contributed by atoms with E-state index in [1.165, 1.54) is 81.9 Å². The Morgan fingerprint density at radius 3 is 2.14 bits per heavy atom. The molecule has 0 saturated heterocycles. The molecule has 0 saturated carbocycles. The normalized spacial score (nSPS) is 12.5. The number of aromatic nitrogens is 2. The van der Waals surface area contributed by atoms with E-state index in [1.54, 1.807) is 50.3 Å². The lowest BCUT2D eigenvalue weighted by atomic mass is 10.0. The van der Waals surface area contributed by atoms with E-state index in [1.807, 2.05) is 13.8 Å². The summed E-state index contributed by atoms with van der Waals surface area (Å²) in [6.07, 6.45) is 8.89. The predicted molar refractivity (Wildman–Crippen MR) is 197 cm³/mol. The molecule has 1 heterocycles. The van der Waals surface area contributed by atoms with Gasteiger partial charge in [-0.1, -0.05) is 84.4 Å². The van der Waals surface area contributed by atoms with Gasteiger partial charge < -0.3 is 15.5 Å². The van der Waals surface area contributed by atoms with Crippen LogP contribution in [0.25, 0.3) is 17.3 Å². The van der Waals surface area contributed by atoms with Crippen molar-refractivity contribution in [2.45, 2.75) is 74.4 Å². The van der Waals surface area contributed by atoms with Crippen LogP contribution in [0.3, 0.4) is 0 Å². The lowest BCUT2D eigenvalue weighted by Crippen LogP contribution is -2.23. The Bertz CT molecular complexity index is 1500. The van der Waals surface area contributed by atoms with Gasteiger partial charge in [-0.25, -0.2) is 23.1 Å². The number of nitrogens with one attached hydrogen (secondary N) is 2. The first-order valence-corrected chi connectivity index (χ1v) is 16.9. The summed E-state index contributed by atoms with van der Waals surface area (Å²) in [5, 5.41) is 5.25. The van der Waals surface area contributed by atoms with E-state index in [0.717, 1.165) is 0 Å². The maximum absolute atomic E-state index is 14.5. The van der Waals surface area contributed by atoms with Gasteiger partial charge in [0.2, 0.25) is 6.41 Å². The smallest absolute Gasteiger partial charge is 0.255 e. The van der Waals surface area contributed by atoms with Gasteiger partial charge in [0, 0.05) is 28.3 Å². The molecule has 0 aliphatic rings. The van der Waals surface area contributed by atoms with Gasteiger partial charge in [-0.2, -0.15) is 0 Å². The molecule has 2 unspecified atom stereocenters. The summed E-state index contributed by atoms with van der Waals surface area (Å²) in [5.41, 5.74) is 2.36. The Morgan fingerprint density at radius 1 is 0.959 bits per heavy atom. The zero-order valence-electron chi connectivity index (χ0n) is 30.1. The second-order valence-electron chi connectivity index (χ2n) is 10.8. The molecular formula is C39H52F3N5O2. The summed E-state index contributed by atoms with van der Waals surface area (Å²) in [6, 6.07) is 12.0. The minimum atomic E-state index is -1.19. The lowest BCUT2D eigenvalue weighted by molar-refractivity contribution is -0.105. The number of allylic oxidation sites excluding steroid dienone is 5. The molecule has 7 nitrogen and oxygen atoms in total. The van der Waals surface area contributed by atoms with E-state index in [0.29, 0.717) is 40.3 Å². The predicted octanol–water partition coefficient (Wildman–Crippen LogP) is 9.98. The number of hydrogen-bond donors (Lipinski definition) is 2. The lowest BCUT2D eigenvalue weighted by Gasteiger charge is -2.16. The number of unbranched alkanes of at least 4 members (excludes halogenated alkanes) is 1. The van der Waals surface area contributed by atoms with Crippen molar-refractivity contribution in [1.29, 1.82) is 0 Å². The standard InChI is InChI=1S/C29H27F3N4O2.C8H19N.C2H6/c1-18(26(32)6-4-5-19(2)30)7-16-25-27(34-20(3)35-28(25)33-17-37)21-8-10-22(11-9-21)29(38)36-24-14-12-23(31)13-15-24;1-4-7-8-9(5-2)6-3;1-2/h4-19H,1-3H3,(H,36,38)(H,33,34,35,37);4-8H2,1-3H3;1-2H3/b5-4-,16-7-,26-6+;;. The highest BCUT2D eigenvalue weighted by Gasteiger charge is 2.15. The number of hydrogen-bond acceptors (Lipinski definition) is 5. The zero-order valence-corrected chi connectivity index (χ0v) is 30.1. The van der Waals surface area contributed by atoms with Crippen LogP contribution in [-0.2, 0) is 4.79 Å². The van der Waals surface area contributed by atoms with Gasteiger partial charge in [-0.3, -0.25) is 9.59 Å². The van der Waals surface area contributed by atoms with Gasteiger partial charge in [-0.05, 0) is 82.4 Å². The Hall–Kier alpha value is -4.57. The number of halogens is 3. The maximum Gasteiger partial charge on any atom is 0.255 e. The topological polar surface area (TPSA) is 87.2 Å². The number of anilines is 2. The highest BCUT2D eigenvalue weighted by atomic mass is 19.1. The van der Waals surface area contributed by atoms with Crippen LogP contribution < -0.4 is 10.6 Å². The third-order valence-electron chi connectivity index (χ3n) is 7.12. The third-order valence-corrected chi connectivity index (χ3v) is 7.12. The van der Waals surface area contributed by atoms with Gasteiger partial charge >= 0.3 is 0 Å². The van der Waals surface area contributed by atoms with Crippen molar-refractivity contribution < 1.29 is 22.8 Å². The fourth-order valence-electron chi connectivity index (χ4n) is 4.35. The van der Waals surface area contributed by atoms with Crippen molar-refractivity contribution in [2.24, 2.45) is 5.92 Å². The van der Waals surface area contributed by atoms with Gasteiger partial charge in [-0.15, -0.1) is 0 Å². The number of aryl methyl sites for hydroxylation is 1. The molecule has 0 spiro atoms. The first-order chi connectivity index (χ1) is 23.5. The largest absolute Gasteiger partial charge is 0.322 e. The van der Waals surface area contributed by atoms with Crippen LogP contribution >= 0.6 is 0 Å².